The van der Waals surface area contributed by atoms with Crippen molar-refractivity contribution in [2.45, 2.75) is 64.9 Å². The fraction of sp³-hybridized carbons (Fsp3) is 1.00. The smallest absolute Gasteiger partial charge is 0.0678 e. The Kier molecular flexibility index (Phi) is 4.43. The van der Waals surface area contributed by atoms with Crippen molar-refractivity contribution < 1.29 is 4.74 Å². The van der Waals surface area contributed by atoms with Crippen LogP contribution in [0.5, 0.6) is 0 Å². The molecule has 1 aliphatic rings. The van der Waals surface area contributed by atoms with Crippen LogP contribution in [0.2, 0.25) is 0 Å². The molecule has 0 saturated heterocycles. The molecule has 0 aliphatic heterocycles. The van der Waals surface area contributed by atoms with Crippen LogP contribution in [0.1, 0.15) is 59.3 Å². The Morgan fingerprint density at radius 3 is 2.36 bits per heavy atom. The minimum atomic E-state index is 0.126. The summed E-state index contributed by atoms with van der Waals surface area (Å²) >= 11 is 0. The van der Waals surface area contributed by atoms with Gasteiger partial charge in [0.05, 0.1) is 5.60 Å². The van der Waals surface area contributed by atoms with Gasteiger partial charge in [0.15, 0.2) is 0 Å². The molecule has 0 amide bonds. The Balaban J connectivity index is 2.70. The minimum Gasteiger partial charge on any atom is -0.378 e. The molecule has 14 heavy (non-hydrogen) atoms. The lowest BCUT2D eigenvalue weighted by Crippen LogP contribution is -2.41. The predicted molar refractivity (Wildman–Crippen MR) is 61.4 cm³/mol. The first-order valence-electron chi connectivity index (χ1n) is 6.23. The van der Waals surface area contributed by atoms with Gasteiger partial charge in [0, 0.05) is 7.11 Å². The molecule has 0 aromatic heterocycles. The maximum atomic E-state index is 5.76. The molecule has 0 heterocycles. The average molecular weight is 198 g/mol. The van der Waals surface area contributed by atoms with Crippen molar-refractivity contribution in [3.8, 4) is 0 Å². The zero-order valence-electron chi connectivity index (χ0n) is 10.3. The molecule has 1 fully saturated rings. The van der Waals surface area contributed by atoms with Crippen LogP contribution in [-0.4, -0.2) is 12.7 Å². The molecule has 1 heteroatoms. The summed E-state index contributed by atoms with van der Waals surface area (Å²) in [4.78, 5) is 0. The average Bonchev–Trinajstić information content (AvgIpc) is 2.28. The van der Waals surface area contributed by atoms with E-state index in [2.05, 4.69) is 20.8 Å². The maximum Gasteiger partial charge on any atom is 0.0678 e. The number of ether oxygens (including phenoxy) is 1. The monoisotopic (exact) mass is 198 g/mol. The van der Waals surface area contributed by atoms with Crippen LogP contribution in [0.15, 0.2) is 0 Å². The SMILES string of the molecule is CCC1CCCCC1C(C)(CC)OC. The zero-order valence-corrected chi connectivity index (χ0v) is 10.3. The third-order valence-electron chi connectivity index (χ3n) is 4.39. The van der Waals surface area contributed by atoms with Gasteiger partial charge in [-0.2, -0.15) is 0 Å². The van der Waals surface area contributed by atoms with E-state index in [-0.39, 0.29) is 5.60 Å². The van der Waals surface area contributed by atoms with E-state index in [1.54, 1.807) is 0 Å². The van der Waals surface area contributed by atoms with Crippen LogP contribution in [0.3, 0.4) is 0 Å². The Hall–Kier alpha value is -0.0400. The molecule has 0 spiro atoms. The molecule has 1 nitrogen and oxygen atoms in total. The highest BCUT2D eigenvalue weighted by molar-refractivity contribution is 4.89. The Morgan fingerprint density at radius 1 is 1.21 bits per heavy atom. The van der Waals surface area contributed by atoms with Crippen LogP contribution in [-0.2, 0) is 4.74 Å². The molecule has 1 rings (SSSR count). The summed E-state index contributed by atoms with van der Waals surface area (Å²) < 4.78 is 5.76. The second kappa shape index (κ2) is 5.16. The van der Waals surface area contributed by atoms with E-state index >= 15 is 0 Å². The van der Waals surface area contributed by atoms with E-state index in [0.717, 1.165) is 18.3 Å². The Bertz CT molecular complexity index is 161. The lowest BCUT2D eigenvalue weighted by atomic mass is 9.69. The fourth-order valence-corrected chi connectivity index (χ4v) is 3.06. The van der Waals surface area contributed by atoms with E-state index < -0.39 is 0 Å². The highest BCUT2D eigenvalue weighted by Gasteiger charge is 2.38. The summed E-state index contributed by atoms with van der Waals surface area (Å²) in [5.74, 6) is 1.69. The third kappa shape index (κ3) is 2.31. The van der Waals surface area contributed by atoms with Gasteiger partial charge < -0.3 is 4.74 Å². The molecule has 0 radical (unpaired) electrons. The van der Waals surface area contributed by atoms with E-state index in [0.29, 0.717) is 0 Å². The lowest BCUT2D eigenvalue weighted by Gasteiger charge is -2.43. The maximum absolute atomic E-state index is 5.76. The van der Waals surface area contributed by atoms with Gasteiger partial charge in [-0.15, -0.1) is 0 Å². The van der Waals surface area contributed by atoms with E-state index in [1.165, 1.54) is 32.1 Å². The molecule has 3 atom stereocenters. The number of hydrogen-bond acceptors (Lipinski definition) is 1. The van der Waals surface area contributed by atoms with Gasteiger partial charge in [-0.25, -0.2) is 0 Å². The first-order chi connectivity index (χ1) is 6.68. The Labute approximate surface area is 89.2 Å². The van der Waals surface area contributed by atoms with E-state index in [4.69, 9.17) is 4.74 Å². The van der Waals surface area contributed by atoms with Gasteiger partial charge in [0.1, 0.15) is 0 Å². The summed E-state index contributed by atoms with van der Waals surface area (Å²) in [6.45, 7) is 6.88. The van der Waals surface area contributed by atoms with Crippen molar-refractivity contribution >= 4 is 0 Å². The lowest BCUT2D eigenvalue weighted by molar-refractivity contribution is -0.0786. The topological polar surface area (TPSA) is 9.23 Å². The molecule has 0 N–H and O–H groups in total. The molecule has 0 bridgehead atoms. The standard InChI is InChI=1S/C13H26O/c1-5-11-9-7-8-10-12(11)13(3,6-2)14-4/h11-12H,5-10H2,1-4H3. The van der Waals surface area contributed by atoms with E-state index in [9.17, 15) is 0 Å². The third-order valence-corrected chi connectivity index (χ3v) is 4.39. The predicted octanol–water partition coefficient (Wildman–Crippen LogP) is 4.02. The highest BCUT2D eigenvalue weighted by Crippen LogP contribution is 2.41. The van der Waals surface area contributed by atoms with Crippen LogP contribution in [0.4, 0.5) is 0 Å². The van der Waals surface area contributed by atoms with Crippen molar-refractivity contribution in [2.75, 3.05) is 7.11 Å². The molecular weight excluding hydrogens is 172 g/mol. The minimum absolute atomic E-state index is 0.126. The quantitative estimate of drug-likeness (QED) is 0.663. The van der Waals surface area contributed by atoms with Gasteiger partial charge >= 0.3 is 0 Å². The molecule has 1 aliphatic carbocycles. The molecule has 0 aromatic rings. The normalized spacial score (nSPS) is 32.6. The summed E-state index contributed by atoms with van der Waals surface area (Å²) in [7, 11) is 1.88. The van der Waals surface area contributed by atoms with Crippen LogP contribution < -0.4 is 0 Å². The highest BCUT2D eigenvalue weighted by atomic mass is 16.5. The summed E-state index contributed by atoms with van der Waals surface area (Å²) in [5.41, 5.74) is 0.126. The second-order valence-corrected chi connectivity index (χ2v) is 4.93. The molecular formula is C13H26O. The fourth-order valence-electron chi connectivity index (χ4n) is 3.06. The number of hydrogen-bond donors (Lipinski definition) is 0. The van der Waals surface area contributed by atoms with Gasteiger partial charge in [0.2, 0.25) is 0 Å². The summed E-state index contributed by atoms with van der Waals surface area (Å²) in [6, 6.07) is 0. The number of methoxy groups -OCH3 is 1. The molecule has 1 saturated carbocycles. The summed E-state index contributed by atoms with van der Waals surface area (Å²) in [5, 5.41) is 0. The van der Waals surface area contributed by atoms with Crippen molar-refractivity contribution in [1.29, 1.82) is 0 Å². The van der Waals surface area contributed by atoms with Gasteiger partial charge in [0.25, 0.3) is 0 Å². The van der Waals surface area contributed by atoms with Gasteiger partial charge in [-0.05, 0) is 31.6 Å². The van der Waals surface area contributed by atoms with Crippen molar-refractivity contribution in [2.24, 2.45) is 11.8 Å². The van der Waals surface area contributed by atoms with Crippen molar-refractivity contribution in [1.82, 2.24) is 0 Å². The summed E-state index contributed by atoms with van der Waals surface area (Å²) in [6.07, 6.45) is 8.09. The van der Waals surface area contributed by atoms with Crippen LogP contribution in [0, 0.1) is 11.8 Å². The first kappa shape index (κ1) is 12.0. The molecule has 84 valence electrons. The Morgan fingerprint density at radius 2 is 1.86 bits per heavy atom. The second-order valence-electron chi connectivity index (χ2n) is 4.93. The van der Waals surface area contributed by atoms with Gasteiger partial charge in [-0.3, -0.25) is 0 Å². The van der Waals surface area contributed by atoms with Crippen molar-refractivity contribution in [3.63, 3.8) is 0 Å². The molecule has 0 aromatic carbocycles. The van der Waals surface area contributed by atoms with Gasteiger partial charge in [-0.1, -0.05) is 39.5 Å². The zero-order chi connectivity index (χ0) is 10.6. The first-order valence-corrected chi connectivity index (χ1v) is 6.23. The van der Waals surface area contributed by atoms with E-state index in [1.807, 2.05) is 7.11 Å². The molecule has 3 unspecified atom stereocenters. The largest absolute Gasteiger partial charge is 0.378 e. The number of rotatable bonds is 4. The van der Waals surface area contributed by atoms with Crippen LogP contribution >= 0.6 is 0 Å². The van der Waals surface area contributed by atoms with Crippen molar-refractivity contribution in [3.05, 3.63) is 0 Å². The van der Waals surface area contributed by atoms with Crippen LogP contribution in [0.25, 0.3) is 0 Å².